The number of carbonyl (C=O) groups excluding carboxylic acids is 3. The number of hydrogen-bond acceptors (Lipinski definition) is 5. The number of rotatable bonds is 7. The van der Waals surface area contributed by atoms with Crippen LogP contribution in [0.25, 0.3) is 0 Å². The second-order valence-corrected chi connectivity index (χ2v) is 6.67. The van der Waals surface area contributed by atoms with Gasteiger partial charge in [0.1, 0.15) is 5.70 Å². The van der Waals surface area contributed by atoms with Gasteiger partial charge in [0.25, 0.3) is 0 Å². The summed E-state index contributed by atoms with van der Waals surface area (Å²) in [6.45, 7) is 4.27. The standard InChI is InChI=1S/C21H23N3O4/c1-14-12-17(15(2)24(14)11-10-16-6-4-3-5-7-16)19(25)13-28-21(27)18-8-9-20(26)23-22-18/h3-8,12,22H,9-11,13H2,1-2H3,(H,23,26). The maximum absolute atomic E-state index is 12.5. The molecule has 0 spiro atoms. The molecule has 1 aromatic heterocycles. The number of ether oxygens (including phenoxy) is 1. The van der Waals surface area contributed by atoms with Crippen molar-refractivity contribution in [2.75, 3.05) is 6.61 Å². The Morgan fingerprint density at radius 1 is 1.14 bits per heavy atom. The van der Waals surface area contributed by atoms with E-state index in [0.29, 0.717) is 5.56 Å². The smallest absolute Gasteiger partial charge is 0.356 e. The summed E-state index contributed by atoms with van der Waals surface area (Å²) in [5.74, 6) is -1.17. The summed E-state index contributed by atoms with van der Waals surface area (Å²) < 4.78 is 7.19. The molecule has 1 amide bonds. The first-order valence-corrected chi connectivity index (χ1v) is 9.11. The molecule has 7 nitrogen and oxygen atoms in total. The average molecular weight is 381 g/mol. The zero-order valence-electron chi connectivity index (χ0n) is 16.0. The van der Waals surface area contributed by atoms with E-state index in [1.165, 1.54) is 11.6 Å². The molecular weight excluding hydrogens is 358 g/mol. The van der Waals surface area contributed by atoms with Crippen LogP contribution >= 0.6 is 0 Å². The lowest BCUT2D eigenvalue weighted by Gasteiger charge is -2.15. The molecular formula is C21H23N3O4. The summed E-state index contributed by atoms with van der Waals surface area (Å²) >= 11 is 0. The number of Topliss-reactive ketones (excluding diaryl/α,β-unsaturated/α-hetero) is 1. The summed E-state index contributed by atoms with van der Waals surface area (Å²) in [6, 6.07) is 12.0. The second-order valence-electron chi connectivity index (χ2n) is 6.67. The average Bonchev–Trinajstić information content (AvgIpc) is 2.99. The summed E-state index contributed by atoms with van der Waals surface area (Å²) in [5, 5.41) is 0. The fourth-order valence-corrected chi connectivity index (χ4v) is 3.17. The second kappa shape index (κ2) is 8.56. The first kappa shape index (κ1) is 19.4. The Hall–Kier alpha value is -3.35. The number of amides is 1. The molecule has 7 heteroatoms. The summed E-state index contributed by atoms with van der Waals surface area (Å²) in [7, 11) is 0. The van der Waals surface area contributed by atoms with Crippen molar-refractivity contribution in [2.45, 2.75) is 33.2 Å². The number of hydrazine groups is 1. The minimum Gasteiger partial charge on any atom is -0.453 e. The molecule has 28 heavy (non-hydrogen) atoms. The molecule has 1 aliphatic rings. The number of benzene rings is 1. The van der Waals surface area contributed by atoms with E-state index in [2.05, 4.69) is 27.6 Å². The van der Waals surface area contributed by atoms with Gasteiger partial charge in [0.2, 0.25) is 11.7 Å². The van der Waals surface area contributed by atoms with Gasteiger partial charge in [-0.15, -0.1) is 0 Å². The van der Waals surface area contributed by atoms with Gasteiger partial charge in [0.05, 0.1) is 0 Å². The van der Waals surface area contributed by atoms with E-state index in [4.69, 9.17) is 4.74 Å². The molecule has 1 aromatic carbocycles. The fourth-order valence-electron chi connectivity index (χ4n) is 3.17. The summed E-state index contributed by atoms with van der Waals surface area (Å²) in [5.41, 5.74) is 8.55. The Morgan fingerprint density at radius 3 is 2.57 bits per heavy atom. The predicted octanol–water partition coefficient (Wildman–Crippen LogP) is 1.98. The molecule has 1 aliphatic heterocycles. The van der Waals surface area contributed by atoms with Crippen molar-refractivity contribution in [1.82, 2.24) is 15.4 Å². The monoisotopic (exact) mass is 381 g/mol. The van der Waals surface area contributed by atoms with Crippen molar-refractivity contribution >= 4 is 17.7 Å². The molecule has 0 saturated carbocycles. The normalized spacial score (nSPS) is 13.4. The highest BCUT2D eigenvalue weighted by atomic mass is 16.5. The Morgan fingerprint density at radius 2 is 1.89 bits per heavy atom. The largest absolute Gasteiger partial charge is 0.453 e. The molecule has 2 aromatic rings. The van der Waals surface area contributed by atoms with E-state index in [0.717, 1.165) is 24.4 Å². The highest BCUT2D eigenvalue weighted by Crippen LogP contribution is 2.17. The third kappa shape index (κ3) is 4.49. The van der Waals surface area contributed by atoms with Crippen molar-refractivity contribution < 1.29 is 19.1 Å². The quantitative estimate of drug-likeness (QED) is 0.565. The van der Waals surface area contributed by atoms with Crippen LogP contribution in [0.5, 0.6) is 0 Å². The van der Waals surface area contributed by atoms with Crippen LogP contribution in [0.1, 0.15) is 33.7 Å². The molecule has 0 radical (unpaired) electrons. The number of carbonyl (C=O) groups is 3. The fraction of sp³-hybridized carbons (Fsp3) is 0.286. The van der Waals surface area contributed by atoms with E-state index in [1.807, 2.05) is 38.1 Å². The predicted molar refractivity (Wildman–Crippen MR) is 103 cm³/mol. The van der Waals surface area contributed by atoms with Crippen LogP contribution in [0.15, 0.2) is 48.2 Å². The Bertz CT molecular complexity index is 929. The van der Waals surface area contributed by atoms with Crippen LogP contribution in [-0.4, -0.2) is 28.8 Å². The molecule has 2 heterocycles. The summed E-state index contributed by atoms with van der Waals surface area (Å²) in [6.07, 6.45) is 2.39. The van der Waals surface area contributed by atoms with Gasteiger partial charge >= 0.3 is 5.97 Å². The first-order chi connectivity index (χ1) is 13.5. The summed E-state index contributed by atoms with van der Waals surface area (Å²) in [4.78, 5) is 35.6. The third-order valence-electron chi connectivity index (χ3n) is 4.72. The van der Waals surface area contributed by atoms with Gasteiger partial charge in [0, 0.05) is 29.9 Å². The number of nitrogens with zero attached hydrogens (tertiary/aromatic N) is 1. The minimum atomic E-state index is -0.675. The van der Waals surface area contributed by atoms with Crippen LogP contribution in [0.3, 0.4) is 0 Å². The number of esters is 1. The topological polar surface area (TPSA) is 89.4 Å². The van der Waals surface area contributed by atoms with Crippen molar-refractivity contribution in [3.8, 4) is 0 Å². The molecule has 0 saturated heterocycles. The highest BCUT2D eigenvalue weighted by molar-refractivity contribution is 6.00. The van der Waals surface area contributed by atoms with E-state index in [1.54, 1.807) is 0 Å². The van der Waals surface area contributed by atoms with Gasteiger partial charge in [-0.05, 0) is 38.0 Å². The number of hydrogen-bond donors (Lipinski definition) is 2. The first-order valence-electron chi connectivity index (χ1n) is 9.11. The third-order valence-corrected chi connectivity index (χ3v) is 4.72. The van der Waals surface area contributed by atoms with E-state index < -0.39 is 5.97 Å². The van der Waals surface area contributed by atoms with Gasteiger partial charge in [-0.3, -0.25) is 20.4 Å². The van der Waals surface area contributed by atoms with Crippen LogP contribution in [0, 0.1) is 13.8 Å². The lowest BCUT2D eigenvalue weighted by molar-refractivity contribution is -0.138. The molecule has 0 unspecified atom stereocenters. The zero-order valence-corrected chi connectivity index (χ0v) is 16.0. The molecule has 0 bridgehead atoms. The zero-order chi connectivity index (χ0) is 20.1. The number of nitrogens with one attached hydrogen (secondary N) is 2. The Labute approximate surface area is 163 Å². The van der Waals surface area contributed by atoms with Crippen LogP contribution in [-0.2, 0) is 27.3 Å². The molecule has 0 atom stereocenters. The minimum absolute atomic E-state index is 0.0912. The molecule has 2 N–H and O–H groups in total. The number of ketones is 1. The maximum Gasteiger partial charge on any atom is 0.356 e. The van der Waals surface area contributed by atoms with Crippen LogP contribution < -0.4 is 10.9 Å². The lowest BCUT2D eigenvalue weighted by Crippen LogP contribution is -2.42. The number of aromatic nitrogens is 1. The highest BCUT2D eigenvalue weighted by Gasteiger charge is 2.20. The van der Waals surface area contributed by atoms with Crippen molar-refractivity contribution in [2.24, 2.45) is 0 Å². The van der Waals surface area contributed by atoms with E-state index in [-0.39, 0.29) is 30.4 Å². The maximum atomic E-state index is 12.5. The Kier molecular flexibility index (Phi) is 5.93. The number of aryl methyl sites for hydroxylation is 2. The molecule has 146 valence electrons. The Balaban J connectivity index is 1.61. The van der Waals surface area contributed by atoms with Crippen LogP contribution in [0.4, 0.5) is 0 Å². The van der Waals surface area contributed by atoms with E-state index >= 15 is 0 Å². The van der Waals surface area contributed by atoms with Gasteiger partial charge in [0.15, 0.2) is 6.61 Å². The SMILES string of the molecule is Cc1cc(C(=O)COC(=O)C2=CCC(=O)NN2)c(C)n1CCc1ccccc1. The van der Waals surface area contributed by atoms with Crippen molar-refractivity contribution in [3.05, 3.63) is 70.7 Å². The van der Waals surface area contributed by atoms with Gasteiger partial charge < -0.3 is 9.30 Å². The molecule has 0 aliphatic carbocycles. The van der Waals surface area contributed by atoms with Gasteiger partial charge in [-0.2, -0.15) is 0 Å². The van der Waals surface area contributed by atoms with Crippen molar-refractivity contribution in [1.29, 1.82) is 0 Å². The van der Waals surface area contributed by atoms with Crippen molar-refractivity contribution in [3.63, 3.8) is 0 Å². The van der Waals surface area contributed by atoms with E-state index in [9.17, 15) is 14.4 Å². The van der Waals surface area contributed by atoms with Gasteiger partial charge in [-0.25, -0.2) is 4.79 Å². The van der Waals surface area contributed by atoms with Crippen LogP contribution in [0.2, 0.25) is 0 Å². The van der Waals surface area contributed by atoms with Gasteiger partial charge in [-0.1, -0.05) is 30.3 Å². The lowest BCUT2D eigenvalue weighted by atomic mass is 10.1. The molecule has 0 fully saturated rings. The molecule has 3 rings (SSSR count).